The van der Waals surface area contributed by atoms with E-state index >= 15 is 0 Å². The van der Waals surface area contributed by atoms with Crippen LogP contribution < -0.4 is 19.1 Å². The SMILES string of the molecule is CCOc1ccccc1N1C(=O)C(SCCO)=C(c2ccc(OC)c(OC)c2)C1=O. The number of nitrogens with zero attached hydrogens (tertiary/aromatic N) is 1. The molecule has 0 atom stereocenters. The number of carbonyl (C=O) groups is 2. The van der Waals surface area contributed by atoms with E-state index in [1.165, 1.54) is 14.2 Å². The van der Waals surface area contributed by atoms with Crippen molar-refractivity contribution in [3.05, 3.63) is 52.9 Å². The molecule has 0 aromatic heterocycles. The van der Waals surface area contributed by atoms with Crippen LogP contribution in [0, 0.1) is 0 Å². The number of hydrogen-bond donors (Lipinski definition) is 1. The first-order chi connectivity index (χ1) is 14.6. The van der Waals surface area contributed by atoms with Gasteiger partial charge in [0.1, 0.15) is 5.75 Å². The highest BCUT2D eigenvalue weighted by atomic mass is 32.2. The number of para-hydroxylation sites is 2. The second-order valence-electron chi connectivity index (χ2n) is 6.19. The highest BCUT2D eigenvalue weighted by Crippen LogP contribution is 2.42. The molecule has 2 aromatic rings. The summed E-state index contributed by atoms with van der Waals surface area (Å²) < 4.78 is 16.2. The van der Waals surface area contributed by atoms with Gasteiger partial charge >= 0.3 is 0 Å². The van der Waals surface area contributed by atoms with Crippen molar-refractivity contribution in [1.29, 1.82) is 0 Å². The molecule has 0 unspecified atom stereocenters. The Morgan fingerprint density at radius 1 is 0.967 bits per heavy atom. The molecule has 0 spiro atoms. The summed E-state index contributed by atoms with van der Waals surface area (Å²) in [6.07, 6.45) is 0. The normalized spacial score (nSPS) is 13.8. The Morgan fingerprint density at radius 3 is 2.37 bits per heavy atom. The molecule has 1 aliphatic rings. The van der Waals surface area contributed by atoms with Crippen molar-refractivity contribution < 1.29 is 28.9 Å². The summed E-state index contributed by atoms with van der Waals surface area (Å²) in [5.74, 6) is 0.785. The Labute approximate surface area is 179 Å². The summed E-state index contributed by atoms with van der Waals surface area (Å²) in [4.78, 5) is 28.1. The molecule has 0 bridgehead atoms. The first kappa shape index (κ1) is 21.7. The Morgan fingerprint density at radius 2 is 1.70 bits per heavy atom. The maximum Gasteiger partial charge on any atom is 0.272 e. The monoisotopic (exact) mass is 429 g/mol. The van der Waals surface area contributed by atoms with E-state index < -0.39 is 11.8 Å². The molecule has 3 rings (SSSR count). The molecular formula is C22H23NO6S. The third-order valence-corrected chi connectivity index (χ3v) is 5.51. The fourth-order valence-electron chi connectivity index (χ4n) is 3.18. The van der Waals surface area contributed by atoms with E-state index in [9.17, 15) is 14.7 Å². The van der Waals surface area contributed by atoms with Gasteiger partial charge in [0.2, 0.25) is 0 Å². The summed E-state index contributed by atoms with van der Waals surface area (Å²) in [6.45, 7) is 2.11. The van der Waals surface area contributed by atoms with Crippen LogP contribution in [-0.4, -0.2) is 50.1 Å². The third kappa shape index (κ3) is 4.01. The first-order valence-electron chi connectivity index (χ1n) is 9.38. The van der Waals surface area contributed by atoms with Crippen LogP contribution >= 0.6 is 11.8 Å². The van der Waals surface area contributed by atoms with E-state index in [4.69, 9.17) is 14.2 Å². The predicted molar refractivity (Wildman–Crippen MR) is 116 cm³/mol. The zero-order valence-electron chi connectivity index (χ0n) is 17.0. The van der Waals surface area contributed by atoms with Crippen molar-refractivity contribution in [2.75, 3.05) is 38.1 Å². The lowest BCUT2D eigenvalue weighted by Gasteiger charge is -2.19. The molecule has 8 heteroatoms. The van der Waals surface area contributed by atoms with Crippen molar-refractivity contribution >= 4 is 34.8 Å². The summed E-state index contributed by atoms with van der Waals surface area (Å²) >= 11 is 1.14. The molecule has 0 aliphatic carbocycles. The Hall–Kier alpha value is -2.97. The molecule has 1 heterocycles. The second kappa shape index (κ2) is 9.69. The average molecular weight is 429 g/mol. The highest BCUT2D eigenvalue weighted by molar-refractivity contribution is 8.04. The first-order valence-corrected chi connectivity index (χ1v) is 10.4. The molecular weight excluding hydrogens is 406 g/mol. The topological polar surface area (TPSA) is 85.3 Å². The molecule has 0 saturated heterocycles. The Bertz CT molecular complexity index is 987. The van der Waals surface area contributed by atoms with E-state index in [0.717, 1.165) is 16.7 Å². The van der Waals surface area contributed by atoms with Crippen molar-refractivity contribution in [1.82, 2.24) is 0 Å². The summed E-state index contributed by atoms with van der Waals surface area (Å²) in [5.41, 5.74) is 1.17. The number of thioether (sulfide) groups is 1. The number of ether oxygens (including phenoxy) is 3. The maximum atomic E-state index is 13.4. The predicted octanol–water partition coefficient (Wildman–Crippen LogP) is 3.11. The number of methoxy groups -OCH3 is 2. The van der Waals surface area contributed by atoms with Crippen LogP contribution in [0.5, 0.6) is 17.2 Å². The van der Waals surface area contributed by atoms with E-state index in [0.29, 0.717) is 35.1 Å². The number of carbonyl (C=O) groups excluding carboxylic acids is 2. The zero-order valence-corrected chi connectivity index (χ0v) is 17.8. The van der Waals surface area contributed by atoms with Gasteiger partial charge < -0.3 is 19.3 Å². The number of aliphatic hydroxyl groups is 1. The molecule has 2 amide bonds. The molecule has 0 saturated carbocycles. The number of rotatable bonds is 9. The lowest BCUT2D eigenvalue weighted by Crippen LogP contribution is -2.31. The summed E-state index contributed by atoms with van der Waals surface area (Å²) in [5, 5.41) is 9.27. The van der Waals surface area contributed by atoms with Crippen LogP contribution in [0.15, 0.2) is 47.4 Å². The average Bonchev–Trinajstić information content (AvgIpc) is 3.01. The van der Waals surface area contributed by atoms with E-state index in [2.05, 4.69) is 0 Å². The van der Waals surface area contributed by atoms with Crippen LogP contribution in [0.4, 0.5) is 5.69 Å². The third-order valence-electron chi connectivity index (χ3n) is 4.46. The molecule has 30 heavy (non-hydrogen) atoms. The fraction of sp³-hybridized carbons (Fsp3) is 0.273. The van der Waals surface area contributed by atoms with Crippen molar-refractivity contribution in [3.63, 3.8) is 0 Å². The van der Waals surface area contributed by atoms with Crippen molar-refractivity contribution in [2.24, 2.45) is 0 Å². The molecule has 158 valence electrons. The number of amides is 2. The van der Waals surface area contributed by atoms with E-state index in [-0.39, 0.29) is 22.8 Å². The molecule has 7 nitrogen and oxygen atoms in total. The smallest absolute Gasteiger partial charge is 0.272 e. The van der Waals surface area contributed by atoms with Crippen LogP contribution in [0.3, 0.4) is 0 Å². The minimum atomic E-state index is -0.459. The lowest BCUT2D eigenvalue weighted by atomic mass is 10.1. The molecule has 2 aromatic carbocycles. The zero-order chi connectivity index (χ0) is 21.7. The minimum absolute atomic E-state index is 0.121. The maximum absolute atomic E-state index is 13.4. The Balaban J connectivity index is 2.11. The van der Waals surface area contributed by atoms with Gasteiger partial charge in [-0.1, -0.05) is 18.2 Å². The van der Waals surface area contributed by atoms with Gasteiger partial charge in [-0.05, 0) is 36.8 Å². The second-order valence-corrected chi connectivity index (χ2v) is 7.30. The highest BCUT2D eigenvalue weighted by Gasteiger charge is 2.41. The van der Waals surface area contributed by atoms with E-state index in [1.54, 1.807) is 42.5 Å². The van der Waals surface area contributed by atoms with Crippen LogP contribution in [-0.2, 0) is 9.59 Å². The molecule has 0 radical (unpaired) electrons. The van der Waals surface area contributed by atoms with E-state index in [1.807, 2.05) is 6.92 Å². The lowest BCUT2D eigenvalue weighted by molar-refractivity contribution is -0.119. The number of aliphatic hydroxyl groups excluding tert-OH is 1. The number of hydrogen-bond acceptors (Lipinski definition) is 7. The van der Waals surface area contributed by atoms with Crippen molar-refractivity contribution in [2.45, 2.75) is 6.92 Å². The largest absolute Gasteiger partial charge is 0.493 e. The minimum Gasteiger partial charge on any atom is -0.493 e. The van der Waals surface area contributed by atoms with Gasteiger partial charge in [-0.2, -0.15) is 0 Å². The quantitative estimate of drug-likeness (QED) is 0.613. The van der Waals surface area contributed by atoms with Gasteiger partial charge in [-0.3, -0.25) is 9.59 Å². The van der Waals surface area contributed by atoms with Gasteiger partial charge in [-0.15, -0.1) is 11.8 Å². The number of imide groups is 1. The van der Waals surface area contributed by atoms with Gasteiger partial charge in [0, 0.05) is 5.75 Å². The van der Waals surface area contributed by atoms with Crippen LogP contribution in [0.2, 0.25) is 0 Å². The molecule has 1 N–H and O–H groups in total. The molecule has 1 aliphatic heterocycles. The summed E-state index contributed by atoms with van der Waals surface area (Å²) in [7, 11) is 3.03. The molecule has 0 fully saturated rings. The standard InChI is InChI=1S/C22H23NO6S/c1-4-29-16-8-6-5-7-15(16)23-21(25)19(20(22(23)26)30-12-11-24)14-9-10-17(27-2)18(13-14)28-3/h5-10,13,24H,4,11-12H2,1-3H3. The van der Waals surface area contributed by atoms with Gasteiger partial charge in [0.15, 0.2) is 11.5 Å². The van der Waals surface area contributed by atoms with Gasteiger partial charge in [0.25, 0.3) is 11.8 Å². The number of anilines is 1. The van der Waals surface area contributed by atoms with Crippen molar-refractivity contribution in [3.8, 4) is 17.2 Å². The Kier molecular flexibility index (Phi) is 7.02. The fourth-order valence-corrected chi connectivity index (χ4v) is 4.04. The van der Waals surface area contributed by atoms with Crippen LogP contribution in [0.1, 0.15) is 12.5 Å². The van der Waals surface area contributed by atoms with Gasteiger partial charge in [0.05, 0.1) is 43.6 Å². The number of benzene rings is 2. The summed E-state index contributed by atoms with van der Waals surface area (Å²) in [6, 6.07) is 12.0. The van der Waals surface area contributed by atoms with Gasteiger partial charge in [-0.25, -0.2) is 4.90 Å². The van der Waals surface area contributed by atoms with Crippen LogP contribution in [0.25, 0.3) is 5.57 Å².